The number of nitrogens with one attached hydrogen (secondary N) is 1. The molecule has 6 heteroatoms. The molecule has 0 radical (unpaired) electrons. The Hall–Kier alpha value is -2.34. The third-order valence-corrected chi connectivity index (χ3v) is 1.86. The van der Waals surface area contributed by atoms with Crippen molar-refractivity contribution in [3.05, 3.63) is 35.4 Å². The largest absolute Gasteiger partial charge is 0.506 e. The van der Waals surface area contributed by atoms with Crippen molar-refractivity contribution in [3.63, 3.8) is 0 Å². The molecule has 0 saturated carbocycles. The number of carbonyl (C=O) groups excluding carboxylic acids is 2. The Balaban J connectivity index is 3.07. The summed E-state index contributed by atoms with van der Waals surface area (Å²) >= 11 is 0. The van der Waals surface area contributed by atoms with Gasteiger partial charge in [-0.05, 0) is 12.1 Å². The second-order valence-corrected chi connectivity index (χ2v) is 2.92. The number of rotatable bonds is 3. The summed E-state index contributed by atoms with van der Waals surface area (Å²) in [4.78, 5) is 21.6. The molecule has 0 bridgehead atoms. The fourth-order valence-corrected chi connectivity index (χ4v) is 1.10. The Labute approximate surface area is 91.0 Å². The summed E-state index contributed by atoms with van der Waals surface area (Å²) in [7, 11) is 0. The smallest absolute Gasteiger partial charge is 0.267 e. The van der Waals surface area contributed by atoms with Gasteiger partial charge in [0.15, 0.2) is 0 Å². The number of nitrogens with two attached hydrogens (primary N) is 1. The number of amides is 2. The predicted octanol–water partition coefficient (Wildman–Crippen LogP) is 0.00970. The number of hydrogen-bond acceptors (Lipinski definition) is 4. The Morgan fingerprint density at radius 3 is 2.62 bits per heavy atom. The molecule has 0 spiro atoms. The van der Waals surface area contributed by atoms with Gasteiger partial charge in [0.1, 0.15) is 5.75 Å². The molecule has 1 rings (SSSR count). The van der Waals surface area contributed by atoms with E-state index < -0.39 is 11.8 Å². The topological polar surface area (TPSA) is 113 Å². The number of para-hydroxylation sites is 1. The number of hydroxylamine groups is 1. The first-order chi connectivity index (χ1) is 7.56. The lowest BCUT2D eigenvalue weighted by atomic mass is 10.1. The molecule has 1 aromatic carbocycles. The van der Waals surface area contributed by atoms with Gasteiger partial charge >= 0.3 is 0 Å². The summed E-state index contributed by atoms with van der Waals surface area (Å²) < 4.78 is 0. The minimum Gasteiger partial charge on any atom is -0.506 e. The third kappa shape index (κ3) is 2.58. The monoisotopic (exact) mass is 222 g/mol. The van der Waals surface area contributed by atoms with E-state index in [0.29, 0.717) is 0 Å². The SMILES string of the molecule is NC(=O)c1cccc(C=CC(=O)NO)c1O. The number of aromatic hydroxyl groups is 1. The highest BCUT2D eigenvalue weighted by Crippen LogP contribution is 2.22. The van der Waals surface area contributed by atoms with Crippen LogP contribution in [0.2, 0.25) is 0 Å². The van der Waals surface area contributed by atoms with Crippen LogP contribution in [-0.4, -0.2) is 22.1 Å². The first-order valence-electron chi connectivity index (χ1n) is 4.30. The van der Waals surface area contributed by atoms with Crippen molar-refractivity contribution in [2.75, 3.05) is 0 Å². The van der Waals surface area contributed by atoms with Crippen LogP contribution in [0.15, 0.2) is 24.3 Å². The summed E-state index contributed by atoms with van der Waals surface area (Å²) in [6, 6.07) is 4.36. The maximum absolute atomic E-state index is 10.9. The summed E-state index contributed by atoms with van der Waals surface area (Å²) in [5, 5.41) is 17.8. The van der Waals surface area contributed by atoms with E-state index in [1.54, 1.807) is 0 Å². The van der Waals surface area contributed by atoms with Gasteiger partial charge in [-0.1, -0.05) is 12.1 Å². The van der Waals surface area contributed by atoms with Crippen molar-refractivity contribution in [2.24, 2.45) is 5.73 Å². The highest BCUT2D eigenvalue weighted by molar-refractivity contribution is 5.97. The zero-order valence-electron chi connectivity index (χ0n) is 8.18. The van der Waals surface area contributed by atoms with Crippen molar-refractivity contribution < 1.29 is 19.9 Å². The van der Waals surface area contributed by atoms with Crippen LogP contribution in [-0.2, 0) is 4.79 Å². The maximum Gasteiger partial charge on any atom is 0.267 e. The van der Waals surface area contributed by atoms with Crippen molar-refractivity contribution >= 4 is 17.9 Å². The first kappa shape index (κ1) is 11.7. The van der Waals surface area contributed by atoms with Gasteiger partial charge in [0.25, 0.3) is 11.8 Å². The minimum absolute atomic E-state index is 0.0356. The molecule has 0 unspecified atom stereocenters. The molecular formula is C10H10N2O4. The van der Waals surface area contributed by atoms with Gasteiger partial charge in [0.2, 0.25) is 0 Å². The van der Waals surface area contributed by atoms with Crippen molar-refractivity contribution in [2.45, 2.75) is 0 Å². The average Bonchev–Trinajstić information content (AvgIpc) is 2.26. The van der Waals surface area contributed by atoms with E-state index in [2.05, 4.69) is 0 Å². The molecule has 0 aliphatic rings. The molecule has 0 aromatic heterocycles. The Morgan fingerprint density at radius 2 is 2.06 bits per heavy atom. The van der Waals surface area contributed by atoms with E-state index in [0.717, 1.165) is 6.08 Å². The van der Waals surface area contributed by atoms with E-state index in [4.69, 9.17) is 10.9 Å². The Bertz CT molecular complexity index is 454. The second kappa shape index (κ2) is 4.94. The molecule has 0 atom stereocenters. The molecule has 0 fully saturated rings. The van der Waals surface area contributed by atoms with Crippen LogP contribution < -0.4 is 11.2 Å². The van der Waals surface area contributed by atoms with Crippen molar-refractivity contribution in [1.82, 2.24) is 5.48 Å². The van der Waals surface area contributed by atoms with E-state index in [1.807, 2.05) is 0 Å². The lowest BCUT2D eigenvalue weighted by molar-refractivity contribution is -0.124. The number of carbonyl (C=O) groups is 2. The quantitative estimate of drug-likeness (QED) is 0.328. The lowest BCUT2D eigenvalue weighted by Crippen LogP contribution is -2.15. The fourth-order valence-electron chi connectivity index (χ4n) is 1.10. The van der Waals surface area contributed by atoms with Gasteiger partial charge in [-0.15, -0.1) is 0 Å². The van der Waals surface area contributed by atoms with Crippen LogP contribution in [0.5, 0.6) is 5.75 Å². The fraction of sp³-hybridized carbons (Fsp3) is 0. The minimum atomic E-state index is -0.764. The van der Waals surface area contributed by atoms with Gasteiger partial charge in [0.05, 0.1) is 5.56 Å². The normalized spacial score (nSPS) is 10.3. The van der Waals surface area contributed by atoms with Gasteiger partial charge < -0.3 is 10.8 Å². The van der Waals surface area contributed by atoms with Gasteiger partial charge in [-0.3, -0.25) is 14.8 Å². The summed E-state index contributed by atoms with van der Waals surface area (Å²) in [6.07, 6.45) is 2.24. The summed E-state index contributed by atoms with van der Waals surface area (Å²) in [6.45, 7) is 0. The molecule has 0 heterocycles. The number of benzene rings is 1. The van der Waals surface area contributed by atoms with Crippen LogP contribution in [0, 0.1) is 0 Å². The van der Waals surface area contributed by atoms with Crippen molar-refractivity contribution in [3.8, 4) is 5.75 Å². The Morgan fingerprint density at radius 1 is 1.38 bits per heavy atom. The second-order valence-electron chi connectivity index (χ2n) is 2.92. The highest BCUT2D eigenvalue weighted by atomic mass is 16.5. The molecule has 0 saturated heterocycles. The lowest BCUT2D eigenvalue weighted by Gasteiger charge is -2.03. The molecule has 0 aliphatic carbocycles. The van der Waals surface area contributed by atoms with Crippen molar-refractivity contribution in [1.29, 1.82) is 0 Å². The van der Waals surface area contributed by atoms with Gasteiger partial charge in [-0.25, -0.2) is 5.48 Å². The van der Waals surface area contributed by atoms with Crippen LogP contribution in [0.1, 0.15) is 15.9 Å². The molecule has 5 N–H and O–H groups in total. The van der Waals surface area contributed by atoms with Crippen LogP contribution in [0.25, 0.3) is 6.08 Å². The molecule has 1 aromatic rings. The predicted molar refractivity (Wildman–Crippen MR) is 55.6 cm³/mol. The molecule has 6 nitrogen and oxygen atoms in total. The average molecular weight is 222 g/mol. The number of phenols is 1. The zero-order chi connectivity index (χ0) is 12.1. The molecule has 84 valence electrons. The first-order valence-corrected chi connectivity index (χ1v) is 4.30. The summed E-state index contributed by atoms with van der Waals surface area (Å²) in [5.41, 5.74) is 6.63. The van der Waals surface area contributed by atoms with Crippen LogP contribution >= 0.6 is 0 Å². The highest BCUT2D eigenvalue weighted by Gasteiger charge is 2.09. The van der Waals surface area contributed by atoms with E-state index in [9.17, 15) is 14.7 Å². The van der Waals surface area contributed by atoms with E-state index in [1.165, 1.54) is 29.8 Å². The van der Waals surface area contributed by atoms with E-state index in [-0.39, 0.29) is 16.9 Å². The van der Waals surface area contributed by atoms with Crippen LogP contribution in [0.4, 0.5) is 0 Å². The number of hydrogen-bond donors (Lipinski definition) is 4. The number of primary amides is 1. The third-order valence-electron chi connectivity index (χ3n) is 1.86. The van der Waals surface area contributed by atoms with E-state index >= 15 is 0 Å². The molecule has 2 amide bonds. The standard InChI is InChI=1S/C10H10N2O4/c11-10(15)7-3-1-2-6(9(7)14)4-5-8(13)12-16/h1-5,14,16H,(H2,11,15)(H,12,13). The molecule has 0 aliphatic heterocycles. The van der Waals surface area contributed by atoms with Gasteiger partial charge in [-0.2, -0.15) is 0 Å². The molecule has 16 heavy (non-hydrogen) atoms. The molecular weight excluding hydrogens is 212 g/mol. The van der Waals surface area contributed by atoms with Crippen LogP contribution in [0.3, 0.4) is 0 Å². The maximum atomic E-state index is 10.9. The van der Waals surface area contributed by atoms with Gasteiger partial charge in [0, 0.05) is 11.6 Å². The Kier molecular flexibility index (Phi) is 3.62. The zero-order valence-corrected chi connectivity index (χ0v) is 8.18. The summed E-state index contributed by atoms with van der Waals surface area (Å²) in [5.74, 6) is -1.82.